The summed E-state index contributed by atoms with van der Waals surface area (Å²) in [5.41, 5.74) is 10.4. The first kappa shape index (κ1) is 38.0. The first-order valence-corrected chi connectivity index (χ1v) is 21.2. The number of thiophene rings is 2. The number of carbonyl (C=O) groups excluding carboxylic acids is 2. The summed E-state index contributed by atoms with van der Waals surface area (Å²) in [7, 11) is -7.47. The Labute approximate surface area is 325 Å². The highest BCUT2D eigenvalue weighted by molar-refractivity contribution is 7.88. The molecule has 3 N–H and O–H groups in total. The number of nitrogens with zero attached hydrogens (tertiary/aromatic N) is 4. The van der Waals surface area contributed by atoms with Crippen molar-refractivity contribution >= 4 is 55.2 Å². The van der Waals surface area contributed by atoms with E-state index in [4.69, 9.17) is 17.7 Å². The molecule has 2 aromatic carbocycles. The van der Waals surface area contributed by atoms with Crippen LogP contribution in [0.25, 0.3) is 21.1 Å². The Hall–Kier alpha value is -5.27. The molecule has 0 atom stereocenters. The van der Waals surface area contributed by atoms with Crippen molar-refractivity contribution in [2.24, 2.45) is 0 Å². The van der Waals surface area contributed by atoms with E-state index >= 15 is 0 Å². The van der Waals surface area contributed by atoms with Gasteiger partial charge in [0.15, 0.2) is 11.4 Å². The van der Waals surface area contributed by atoms with Crippen LogP contribution in [0.1, 0.15) is 71.9 Å². The monoisotopic (exact) mass is 818 g/mol. The third-order valence-electron chi connectivity index (χ3n) is 9.31. The van der Waals surface area contributed by atoms with Crippen molar-refractivity contribution in [3.05, 3.63) is 122 Å². The predicted octanol–water partition coefficient (Wildman–Crippen LogP) is 4.85. The van der Waals surface area contributed by atoms with Crippen molar-refractivity contribution in [2.45, 2.75) is 50.4 Å². The topological polar surface area (TPSA) is 199 Å². The average Bonchev–Trinajstić information content (AvgIpc) is 3.96. The van der Waals surface area contributed by atoms with Crippen molar-refractivity contribution in [2.75, 3.05) is 13.1 Å². The summed E-state index contributed by atoms with van der Waals surface area (Å²) >= 11 is 2.65. The average molecular weight is 819 g/mol. The van der Waals surface area contributed by atoms with E-state index < -0.39 is 20.7 Å². The summed E-state index contributed by atoms with van der Waals surface area (Å²) in [5, 5.41) is 17.5. The van der Waals surface area contributed by atoms with Gasteiger partial charge in [-0.3, -0.25) is 23.5 Å². The lowest BCUT2D eigenvalue weighted by Gasteiger charge is -2.07. The molecule has 4 aromatic heterocycles. The Morgan fingerprint density at radius 2 is 1.24 bits per heavy atom. The molecule has 8 rings (SSSR count). The lowest BCUT2D eigenvalue weighted by Crippen LogP contribution is -2.31. The fourth-order valence-electron chi connectivity index (χ4n) is 6.75. The van der Waals surface area contributed by atoms with Gasteiger partial charge in [0, 0.05) is 37.1 Å². The Bertz CT molecular complexity index is 2670. The van der Waals surface area contributed by atoms with E-state index in [-0.39, 0.29) is 21.7 Å². The van der Waals surface area contributed by atoms with E-state index in [0.29, 0.717) is 61.7 Å². The van der Waals surface area contributed by atoms with E-state index in [2.05, 4.69) is 58.4 Å². The summed E-state index contributed by atoms with van der Waals surface area (Å²) in [6.45, 7) is 5.67. The minimum atomic E-state index is -4.36. The number of hydrogen-bond acceptors (Lipinski definition) is 11. The molecule has 14 nitrogen and oxygen atoms in total. The molecule has 0 radical (unpaired) electrons. The summed E-state index contributed by atoms with van der Waals surface area (Å²) in [5.74, 6) is -0.581. The number of hydrogen-bond donors (Lipinski definition) is 3. The Kier molecular flexibility index (Phi) is 10.7. The number of carbonyl (C=O) groups is 2. The van der Waals surface area contributed by atoms with Crippen LogP contribution >= 0.6 is 22.7 Å². The number of fused-ring (bicyclic) bond motifs is 6. The van der Waals surface area contributed by atoms with Gasteiger partial charge >= 0.3 is 20.7 Å². The molecule has 18 heteroatoms. The van der Waals surface area contributed by atoms with E-state index in [1.165, 1.54) is 17.2 Å². The van der Waals surface area contributed by atoms with E-state index in [1.807, 2.05) is 35.9 Å². The van der Waals surface area contributed by atoms with E-state index in [9.17, 15) is 22.6 Å². The van der Waals surface area contributed by atoms with Gasteiger partial charge in [-0.25, -0.2) is 0 Å². The number of aromatic nitrogens is 4. The van der Waals surface area contributed by atoms with Crippen LogP contribution in [-0.2, 0) is 46.7 Å². The molecule has 2 amide bonds. The van der Waals surface area contributed by atoms with Crippen molar-refractivity contribution in [1.82, 2.24) is 30.2 Å². The number of aryl methyl sites for hydroxylation is 2. The van der Waals surface area contributed by atoms with Gasteiger partial charge in [-0.15, -0.1) is 35.3 Å². The maximum atomic E-state index is 13.5. The molecule has 0 saturated heterocycles. The molecular weight excluding hydrogens is 785 g/mol. The van der Waals surface area contributed by atoms with Crippen LogP contribution in [0, 0.1) is 13.8 Å². The molecule has 0 aliphatic heterocycles. The SMILES string of the molecule is Cc1ccc(Cn2nc(C(=O)NCCCNC(=O)c3nn(Cc4ccc(C)cc4)c4c3Cc3cc(S(=O)(=O)O)sc3-4)c3c2-c2sccc2C3)cc1.O=S(=O)=O. The van der Waals surface area contributed by atoms with Gasteiger partial charge in [-0.1, -0.05) is 59.7 Å². The summed E-state index contributed by atoms with van der Waals surface area (Å²) < 4.78 is 62.3. The molecule has 0 bridgehead atoms. The zero-order valence-electron chi connectivity index (χ0n) is 29.5. The number of nitrogens with one attached hydrogen (secondary N) is 2. The predicted molar refractivity (Wildman–Crippen MR) is 206 cm³/mol. The van der Waals surface area contributed by atoms with Crippen molar-refractivity contribution < 1.29 is 35.2 Å². The first-order chi connectivity index (χ1) is 26.3. The molecule has 6 aromatic rings. The molecule has 4 heterocycles. The van der Waals surface area contributed by atoms with Crippen LogP contribution in [0.15, 0.2) is 70.3 Å². The minimum absolute atomic E-state index is 0.131. The van der Waals surface area contributed by atoms with Crippen LogP contribution in [0.2, 0.25) is 0 Å². The van der Waals surface area contributed by atoms with Crippen LogP contribution in [0.3, 0.4) is 0 Å². The fourth-order valence-corrected chi connectivity index (χ4v) is 9.71. The summed E-state index contributed by atoms with van der Waals surface area (Å²) in [6, 6.07) is 19.9. The smallest absolute Gasteiger partial charge is 0.351 e. The summed E-state index contributed by atoms with van der Waals surface area (Å²) in [6.07, 6.45) is 1.50. The zero-order valence-corrected chi connectivity index (χ0v) is 32.8. The maximum absolute atomic E-state index is 13.5. The normalized spacial score (nSPS) is 12.3. The molecule has 0 fully saturated rings. The van der Waals surface area contributed by atoms with Gasteiger partial charge in [-0.2, -0.15) is 18.6 Å². The molecule has 0 saturated carbocycles. The second kappa shape index (κ2) is 15.5. The number of rotatable bonds is 11. The van der Waals surface area contributed by atoms with E-state index in [0.717, 1.165) is 55.3 Å². The minimum Gasteiger partial charge on any atom is -0.351 e. The highest BCUT2D eigenvalue weighted by Crippen LogP contribution is 2.45. The van der Waals surface area contributed by atoms with Gasteiger partial charge in [0.25, 0.3) is 11.8 Å². The van der Waals surface area contributed by atoms with Gasteiger partial charge in [0.1, 0.15) is 4.21 Å². The highest BCUT2D eigenvalue weighted by Gasteiger charge is 2.34. The van der Waals surface area contributed by atoms with Crippen LogP contribution in [0.4, 0.5) is 0 Å². The van der Waals surface area contributed by atoms with Gasteiger partial charge < -0.3 is 10.6 Å². The maximum Gasteiger partial charge on any atom is 0.425 e. The number of benzene rings is 2. The third-order valence-corrected chi connectivity index (χ3v) is 12.8. The Morgan fingerprint density at radius 3 is 1.73 bits per heavy atom. The molecule has 55 heavy (non-hydrogen) atoms. The molecule has 284 valence electrons. The quantitative estimate of drug-likeness (QED) is 0.120. The lowest BCUT2D eigenvalue weighted by molar-refractivity contribution is 0.0945. The molecule has 2 aliphatic rings. The van der Waals surface area contributed by atoms with Crippen molar-refractivity contribution in [3.8, 4) is 21.1 Å². The van der Waals surface area contributed by atoms with Crippen LogP contribution in [-0.4, -0.2) is 70.1 Å². The molecular formula is C37H34N6O8S4. The zero-order chi connectivity index (χ0) is 39.0. The van der Waals surface area contributed by atoms with Gasteiger partial charge in [0.2, 0.25) is 0 Å². The second-order valence-corrected chi connectivity index (χ2v) is 17.3. The second-order valence-electron chi connectivity index (χ2n) is 13.2. The van der Waals surface area contributed by atoms with E-state index in [1.54, 1.807) is 16.0 Å². The summed E-state index contributed by atoms with van der Waals surface area (Å²) in [4.78, 5) is 28.8. The first-order valence-electron chi connectivity index (χ1n) is 17.1. The van der Waals surface area contributed by atoms with Crippen molar-refractivity contribution in [3.63, 3.8) is 0 Å². The van der Waals surface area contributed by atoms with Gasteiger partial charge in [-0.05, 0) is 60.0 Å². The highest BCUT2D eigenvalue weighted by atomic mass is 32.3. The fraction of sp³-hybridized carbons (Fsp3) is 0.243. The number of amides is 2. The largest absolute Gasteiger partial charge is 0.425 e. The third kappa shape index (κ3) is 8.08. The van der Waals surface area contributed by atoms with Crippen LogP contribution < -0.4 is 10.6 Å². The lowest BCUT2D eigenvalue weighted by atomic mass is 10.1. The molecule has 0 unspecified atom stereocenters. The standard InChI is InChI=1S/C37H34N6O5S3.O3S/c1-21-4-8-23(9-5-21)19-42-32-27(16-25-12-15-49-34(25)32)30(40-42)36(44)38-13-3-14-39-37(45)31-28-17-26-18-29(51(46,47)48)50-35(26)33(28)43(41-31)20-24-10-6-22(2)7-11-24;1-4(2)3/h4-12,15,18H,3,13-14,16-17,19-20H2,1-2H3,(H,38,44)(H,39,45)(H,46,47,48);. The molecule has 2 aliphatic carbocycles. The van der Waals surface area contributed by atoms with Crippen molar-refractivity contribution in [1.29, 1.82) is 0 Å². The van der Waals surface area contributed by atoms with Crippen LogP contribution in [0.5, 0.6) is 0 Å². The van der Waals surface area contributed by atoms with Gasteiger partial charge in [0.05, 0.1) is 34.2 Å². The Morgan fingerprint density at radius 1 is 0.764 bits per heavy atom. The Balaban J connectivity index is 0.00000111. The molecule has 0 spiro atoms.